The fourth-order valence-electron chi connectivity index (χ4n) is 5.66. The number of nitrogens with one attached hydrogen (secondary N) is 2. The smallest absolute Gasteiger partial charge is 0.255 e. The summed E-state index contributed by atoms with van der Waals surface area (Å²) in [6, 6.07) is 15.6. The SMILES string of the molecule is CC(C)CN1CCC(NCc2ccccc2)C(Oc2ccc3c(c2)CN(C2CCC(=O)NC2=O)C3=O)C1. The van der Waals surface area contributed by atoms with Gasteiger partial charge in [0.05, 0.1) is 0 Å². The van der Waals surface area contributed by atoms with Gasteiger partial charge in [-0.2, -0.15) is 0 Å². The Morgan fingerprint density at radius 2 is 1.89 bits per heavy atom. The number of fused-ring (bicyclic) bond motifs is 1. The molecule has 0 spiro atoms. The first kappa shape index (κ1) is 25.4. The number of hydrogen-bond acceptors (Lipinski definition) is 6. The summed E-state index contributed by atoms with van der Waals surface area (Å²) in [4.78, 5) is 41.0. The van der Waals surface area contributed by atoms with Crippen LogP contribution in [0.1, 0.15) is 54.6 Å². The zero-order chi connectivity index (χ0) is 25.9. The number of nitrogens with zero attached hydrogens (tertiary/aromatic N) is 2. The van der Waals surface area contributed by atoms with Crippen molar-refractivity contribution in [3.8, 4) is 5.75 Å². The molecule has 2 N–H and O–H groups in total. The normalized spacial score (nSPS) is 24.4. The van der Waals surface area contributed by atoms with Crippen LogP contribution in [0.2, 0.25) is 0 Å². The van der Waals surface area contributed by atoms with Crippen molar-refractivity contribution in [2.45, 2.75) is 64.4 Å². The lowest BCUT2D eigenvalue weighted by Crippen LogP contribution is -2.55. The first-order valence-corrected chi connectivity index (χ1v) is 13.3. The Balaban J connectivity index is 1.29. The minimum Gasteiger partial charge on any atom is -0.487 e. The molecule has 8 nitrogen and oxygen atoms in total. The molecule has 3 aliphatic rings. The number of carbonyl (C=O) groups excluding carboxylic acids is 3. The van der Waals surface area contributed by atoms with Crippen molar-refractivity contribution in [2.24, 2.45) is 5.92 Å². The van der Waals surface area contributed by atoms with E-state index in [0.717, 1.165) is 43.9 Å². The fraction of sp³-hybridized carbons (Fsp3) is 0.483. The molecule has 8 heteroatoms. The van der Waals surface area contributed by atoms with Crippen LogP contribution in [0.15, 0.2) is 48.5 Å². The second kappa shape index (κ2) is 11.0. The Bertz CT molecular complexity index is 1150. The molecule has 0 radical (unpaired) electrons. The van der Waals surface area contributed by atoms with Gasteiger partial charge in [0.15, 0.2) is 0 Å². The molecule has 0 saturated carbocycles. The monoisotopic (exact) mass is 504 g/mol. The van der Waals surface area contributed by atoms with E-state index in [4.69, 9.17) is 4.74 Å². The molecular formula is C29H36N4O4. The zero-order valence-corrected chi connectivity index (χ0v) is 21.6. The molecule has 2 fully saturated rings. The van der Waals surface area contributed by atoms with Crippen molar-refractivity contribution in [1.82, 2.24) is 20.4 Å². The first-order valence-electron chi connectivity index (χ1n) is 13.3. The van der Waals surface area contributed by atoms with Crippen LogP contribution in [0, 0.1) is 5.92 Å². The minimum absolute atomic E-state index is 0.0300. The molecule has 3 amide bonds. The van der Waals surface area contributed by atoms with E-state index in [-0.39, 0.29) is 30.4 Å². The van der Waals surface area contributed by atoms with Gasteiger partial charge in [0.2, 0.25) is 11.8 Å². The van der Waals surface area contributed by atoms with Crippen molar-refractivity contribution in [1.29, 1.82) is 0 Å². The lowest BCUT2D eigenvalue weighted by Gasteiger charge is -2.39. The average molecular weight is 505 g/mol. The topological polar surface area (TPSA) is 91.0 Å². The van der Waals surface area contributed by atoms with Crippen molar-refractivity contribution in [2.75, 3.05) is 19.6 Å². The maximum atomic E-state index is 13.0. The number of ether oxygens (including phenoxy) is 1. The maximum absolute atomic E-state index is 13.0. The molecular weight excluding hydrogens is 468 g/mol. The van der Waals surface area contributed by atoms with E-state index in [9.17, 15) is 14.4 Å². The molecule has 196 valence electrons. The second-order valence-electron chi connectivity index (χ2n) is 10.8. The lowest BCUT2D eigenvalue weighted by molar-refractivity contribution is -0.136. The van der Waals surface area contributed by atoms with Crippen molar-refractivity contribution < 1.29 is 19.1 Å². The van der Waals surface area contributed by atoms with Crippen LogP contribution in [0.25, 0.3) is 0 Å². The van der Waals surface area contributed by atoms with E-state index >= 15 is 0 Å². The molecule has 3 unspecified atom stereocenters. The van der Waals surface area contributed by atoms with Crippen LogP contribution in [0.3, 0.4) is 0 Å². The summed E-state index contributed by atoms with van der Waals surface area (Å²) in [7, 11) is 0. The van der Waals surface area contributed by atoms with Crippen LogP contribution in [0.4, 0.5) is 0 Å². The van der Waals surface area contributed by atoms with Crippen molar-refractivity contribution in [3.63, 3.8) is 0 Å². The molecule has 0 aromatic heterocycles. The molecule has 0 bridgehead atoms. The summed E-state index contributed by atoms with van der Waals surface area (Å²) in [5.74, 6) is 0.474. The standard InChI is InChI=1S/C29H36N4O4/c1-19(2)16-32-13-12-24(30-15-20-6-4-3-5-7-20)26(18-32)37-22-8-9-23-21(14-22)17-33(29(23)36)25-10-11-27(34)31-28(25)35/h3-9,14,19,24-26,30H,10-13,15-18H2,1-2H3,(H,31,34,35). The number of likely N-dealkylation sites (tertiary alicyclic amines) is 1. The third-order valence-electron chi connectivity index (χ3n) is 7.46. The molecule has 37 heavy (non-hydrogen) atoms. The molecule has 2 saturated heterocycles. The highest BCUT2D eigenvalue weighted by Gasteiger charge is 2.39. The molecule has 0 aliphatic carbocycles. The van der Waals surface area contributed by atoms with E-state index < -0.39 is 11.9 Å². The highest BCUT2D eigenvalue weighted by Crippen LogP contribution is 2.31. The first-order chi connectivity index (χ1) is 17.9. The Morgan fingerprint density at radius 1 is 1.08 bits per heavy atom. The van der Waals surface area contributed by atoms with Gasteiger partial charge in [-0.15, -0.1) is 0 Å². The number of benzene rings is 2. The van der Waals surface area contributed by atoms with Gasteiger partial charge < -0.3 is 15.0 Å². The van der Waals surface area contributed by atoms with Crippen molar-refractivity contribution >= 4 is 17.7 Å². The van der Waals surface area contributed by atoms with E-state index in [1.165, 1.54) is 5.56 Å². The molecule has 2 aromatic rings. The van der Waals surface area contributed by atoms with Gasteiger partial charge in [0.1, 0.15) is 17.9 Å². The van der Waals surface area contributed by atoms with Crippen LogP contribution < -0.4 is 15.4 Å². The number of hydrogen-bond donors (Lipinski definition) is 2. The number of amides is 3. The largest absolute Gasteiger partial charge is 0.487 e. The Kier molecular flexibility index (Phi) is 7.58. The van der Waals surface area contributed by atoms with Crippen LogP contribution in [-0.4, -0.2) is 65.3 Å². The van der Waals surface area contributed by atoms with Gasteiger partial charge in [-0.25, -0.2) is 0 Å². The van der Waals surface area contributed by atoms with Crippen LogP contribution >= 0.6 is 0 Å². The van der Waals surface area contributed by atoms with E-state index in [0.29, 0.717) is 24.4 Å². The number of imide groups is 1. The Morgan fingerprint density at radius 3 is 2.65 bits per heavy atom. The summed E-state index contributed by atoms with van der Waals surface area (Å²) in [5, 5.41) is 6.07. The summed E-state index contributed by atoms with van der Waals surface area (Å²) < 4.78 is 6.59. The highest BCUT2D eigenvalue weighted by atomic mass is 16.5. The van der Waals surface area contributed by atoms with Crippen molar-refractivity contribution in [3.05, 3.63) is 65.2 Å². The third-order valence-corrected chi connectivity index (χ3v) is 7.46. The quantitative estimate of drug-likeness (QED) is 0.538. The molecule has 3 aliphatic heterocycles. The number of rotatable bonds is 8. The number of carbonyl (C=O) groups is 3. The van der Waals surface area contributed by atoms with Gasteiger partial charge in [-0.3, -0.25) is 24.6 Å². The predicted octanol–water partition coefficient (Wildman–Crippen LogP) is 2.72. The predicted molar refractivity (Wildman–Crippen MR) is 140 cm³/mol. The van der Waals surface area contributed by atoms with Crippen LogP contribution in [0.5, 0.6) is 5.75 Å². The summed E-state index contributed by atoms with van der Waals surface area (Å²) in [6.45, 7) is 8.51. The Labute approximate surface area is 218 Å². The number of piperidine rings is 2. The lowest BCUT2D eigenvalue weighted by atomic mass is 9.99. The van der Waals surface area contributed by atoms with Crippen LogP contribution in [-0.2, 0) is 22.7 Å². The van der Waals surface area contributed by atoms with Gasteiger partial charge in [-0.1, -0.05) is 44.2 Å². The molecule has 2 aromatic carbocycles. The second-order valence-corrected chi connectivity index (χ2v) is 10.8. The van der Waals surface area contributed by atoms with Gasteiger partial charge in [0.25, 0.3) is 5.91 Å². The van der Waals surface area contributed by atoms with Gasteiger partial charge in [0, 0.05) is 44.2 Å². The Hall–Kier alpha value is -3.23. The molecule has 3 heterocycles. The fourth-order valence-corrected chi connectivity index (χ4v) is 5.66. The molecule has 5 rings (SSSR count). The minimum atomic E-state index is -0.614. The van der Waals surface area contributed by atoms with E-state index in [1.807, 2.05) is 18.2 Å². The maximum Gasteiger partial charge on any atom is 0.255 e. The van der Waals surface area contributed by atoms with E-state index in [1.54, 1.807) is 11.0 Å². The van der Waals surface area contributed by atoms with Gasteiger partial charge >= 0.3 is 0 Å². The highest BCUT2D eigenvalue weighted by molar-refractivity contribution is 6.05. The zero-order valence-electron chi connectivity index (χ0n) is 21.6. The third kappa shape index (κ3) is 5.86. The average Bonchev–Trinajstić information content (AvgIpc) is 3.19. The van der Waals surface area contributed by atoms with Gasteiger partial charge in [-0.05, 0) is 54.6 Å². The van der Waals surface area contributed by atoms with E-state index in [2.05, 4.69) is 53.6 Å². The molecule has 3 atom stereocenters. The summed E-state index contributed by atoms with van der Waals surface area (Å²) in [6.07, 6.45) is 1.57. The summed E-state index contributed by atoms with van der Waals surface area (Å²) >= 11 is 0. The summed E-state index contributed by atoms with van der Waals surface area (Å²) in [5.41, 5.74) is 2.70.